The minimum absolute atomic E-state index is 0.0123. The largest absolute Gasteiger partial charge is 0.377 e. The van der Waals surface area contributed by atoms with Crippen LogP contribution in [0, 0.1) is 0 Å². The predicted molar refractivity (Wildman–Crippen MR) is 117 cm³/mol. The van der Waals surface area contributed by atoms with Crippen molar-refractivity contribution in [3.63, 3.8) is 0 Å². The Morgan fingerprint density at radius 2 is 2.03 bits per heavy atom. The number of amides is 2. The van der Waals surface area contributed by atoms with Crippen molar-refractivity contribution in [2.24, 2.45) is 0 Å². The van der Waals surface area contributed by atoms with Crippen molar-refractivity contribution < 1.29 is 22.7 Å². The number of fused-ring (bicyclic) bond motifs is 1. The summed E-state index contributed by atoms with van der Waals surface area (Å²) in [6, 6.07) is 11.3. The Morgan fingerprint density at radius 1 is 1.19 bits per heavy atom. The van der Waals surface area contributed by atoms with Gasteiger partial charge in [0.1, 0.15) is 0 Å². The zero-order chi connectivity index (χ0) is 22.0. The summed E-state index contributed by atoms with van der Waals surface area (Å²) in [7, 11) is -3.75. The first-order valence-corrected chi connectivity index (χ1v) is 11.8. The van der Waals surface area contributed by atoms with Gasteiger partial charge in [-0.25, -0.2) is 13.1 Å². The minimum atomic E-state index is -3.75. The summed E-state index contributed by atoms with van der Waals surface area (Å²) in [4.78, 5) is 26.1. The number of sulfonamides is 1. The second kappa shape index (κ2) is 8.78. The van der Waals surface area contributed by atoms with Crippen LogP contribution in [0.4, 0.5) is 11.4 Å². The Morgan fingerprint density at radius 3 is 2.77 bits per heavy atom. The van der Waals surface area contributed by atoms with Crippen LogP contribution in [0.3, 0.4) is 0 Å². The molecule has 1 unspecified atom stereocenters. The van der Waals surface area contributed by atoms with E-state index in [0.29, 0.717) is 18.8 Å². The Hall–Kier alpha value is -2.75. The van der Waals surface area contributed by atoms with Crippen molar-refractivity contribution in [3.8, 4) is 0 Å². The van der Waals surface area contributed by atoms with Crippen LogP contribution in [-0.2, 0) is 26.0 Å². The normalized spacial score (nSPS) is 18.1. The third-order valence-electron chi connectivity index (χ3n) is 5.54. The van der Waals surface area contributed by atoms with Gasteiger partial charge in [-0.05, 0) is 61.2 Å². The van der Waals surface area contributed by atoms with Crippen LogP contribution >= 0.6 is 0 Å². The van der Waals surface area contributed by atoms with Crippen molar-refractivity contribution in [1.29, 1.82) is 0 Å². The van der Waals surface area contributed by atoms with E-state index in [2.05, 4.69) is 10.0 Å². The van der Waals surface area contributed by atoms with Crippen molar-refractivity contribution in [3.05, 3.63) is 53.6 Å². The highest BCUT2D eigenvalue weighted by molar-refractivity contribution is 7.89. The lowest BCUT2D eigenvalue weighted by molar-refractivity contribution is -0.116. The average molecular weight is 444 g/mol. The summed E-state index contributed by atoms with van der Waals surface area (Å²) in [6.45, 7) is 3.02. The molecule has 2 amide bonds. The van der Waals surface area contributed by atoms with E-state index in [1.807, 2.05) is 12.1 Å². The number of benzene rings is 2. The standard InChI is InChI=1S/C22H25N3O5S/c1-15(26)25-10-9-16-12-18(7-8-21(16)25)24-22(27)17-4-2-6-20(13-17)31(28,29)23-14-19-5-3-11-30-19/h2,4,6-8,12-13,19,23H,3,5,9-11,14H2,1H3,(H,24,27). The van der Waals surface area contributed by atoms with E-state index < -0.39 is 15.9 Å². The number of nitrogens with zero attached hydrogens (tertiary/aromatic N) is 1. The third-order valence-corrected chi connectivity index (χ3v) is 6.97. The lowest BCUT2D eigenvalue weighted by atomic mass is 10.1. The van der Waals surface area contributed by atoms with Gasteiger partial charge in [0.25, 0.3) is 5.91 Å². The maximum Gasteiger partial charge on any atom is 0.255 e. The zero-order valence-corrected chi connectivity index (χ0v) is 18.1. The van der Waals surface area contributed by atoms with Crippen molar-refractivity contribution in [2.75, 3.05) is 29.9 Å². The lowest BCUT2D eigenvalue weighted by Gasteiger charge is -2.15. The molecule has 0 saturated carbocycles. The summed E-state index contributed by atoms with van der Waals surface area (Å²) in [5.41, 5.74) is 2.68. The van der Waals surface area contributed by atoms with E-state index >= 15 is 0 Å². The first-order valence-electron chi connectivity index (χ1n) is 10.3. The molecule has 2 aromatic rings. The van der Waals surface area contributed by atoms with Crippen LogP contribution in [0.5, 0.6) is 0 Å². The smallest absolute Gasteiger partial charge is 0.255 e. The highest BCUT2D eigenvalue weighted by atomic mass is 32.2. The summed E-state index contributed by atoms with van der Waals surface area (Å²) >= 11 is 0. The van der Waals surface area contributed by atoms with Gasteiger partial charge < -0.3 is 15.0 Å². The van der Waals surface area contributed by atoms with Gasteiger partial charge >= 0.3 is 0 Å². The van der Waals surface area contributed by atoms with Gasteiger partial charge in [-0.15, -0.1) is 0 Å². The number of hydrogen-bond donors (Lipinski definition) is 2. The topological polar surface area (TPSA) is 105 Å². The predicted octanol–water partition coefficient (Wildman–Crippen LogP) is 2.31. The number of anilines is 2. The molecule has 31 heavy (non-hydrogen) atoms. The molecule has 0 aromatic heterocycles. The van der Waals surface area contributed by atoms with Crippen LogP contribution < -0.4 is 14.9 Å². The fourth-order valence-corrected chi connectivity index (χ4v) is 5.02. The summed E-state index contributed by atoms with van der Waals surface area (Å²) in [5.74, 6) is -0.417. The summed E-state index contributed by atoms with van der Waals surface area (Å²) in [6.07, 6.45) is 2.37. The molecule has 1 atom stereocenters. The van der Waals surface area contributed by atoms with E-state index in [4.69, 9.17) is 4.74 Å². The Labute approximate surface area is 181 Å². The molecule has 8 nitrogen and oxygen atoms in total. The van der Waals surface area contributed by atoms with Gasteiger partial charge in [-0.2, -0.15) is 0 Å². The number of nitrogens with one attached hydrogen (secondary N) is 2. The highest BCUT2D eigenvalue weighted by Crippen LogP contribution is 2.30. The molecule has 0 radical (unpaired) electrons. The molecule has 9 heteroatoms. The van der Waals surface area contributed by atoms with Gasteiger partial charge in [0.2, 0.25) is 15.9 Å². The maximum atomic E-state index is 12.7. The second-order valence-electron chi connectivity index (χ2n) is 7.73. The van der Waals surface area contributed by atoms with Crippen LogP contribution in [-0.4, -0.2) is 46.0 Å². The van der Waals surface area contributed by atoms with E-state index in [1.54, 1.807) is 23.1 Å². The molecule has 2 aromatic carbocycles. The SMILES string of the molecule is CC(=O)N1CCc2cc(NC(=O)c3cccc(S(=O)(=O)NCC4CCCO4)c3)ccc21. The second-order valence-corrected chi connectivity index (χ2v) is 9.50. The number of ether oxygens (including phenoxy) is 1. The molecule has 164 valence electrons. The molecule has 2 N–H and O–H groups in total. The third kappa shape index (κ3) is 4.79. The van der Waals surface area contributed by atoms with Crippen LogP contribution in [0.2, 0.25) is 0 Å². The molecule has 0 bridgehead atoms. The molecule has 1 fully saturated rings. The molecular weight excluding hydrogens is 418 g/mol. The quantitative estimate of drug-likeness (QED) is 0.713. The molecule has 2 heterocycles. The Bertz CT molecular complexity index is 1110. The van der Waals surface area contributed by atoms with E-state index in [1.165, 1.54) is 19.1 Å². The number of rotatable bonds is 6. The van der Waals surface area contributed by atoms with Crippen molar-refractivity contribution in [1.82, 2.24) is 4.72 Å². The first-order chi connectivity index (χ1) is 14.8. The fourth-order valence-electron chi connectivity index (χ4n) is 3.91. The number of hydrogen-bond acceptors (Lipinski definition) is 5. The highest BCUT2D eigenvalue weighted by Gasteiger charge is 2.23. The average Bonchev–Trinajstić information content (AvgIpc) is 3.42. The van der Waals surface area contributed by atoms with Gasteiger partial charge in [-0.3, -0.25) is 9.59 Å². The van der Waals surface area contributed by atoms with E-state index in [0.717, 1.165) is 30.5 Å². The van der Waals surface area contributed by atoms with Gasteiger partial charge in [0.15, 0.2) is 0 Å². The summed E-state index contributed by atoms with van der Waals surface area (Å²) < 4.78 is 33.2. The van der Waals surface area contributed by atoms with Crippen LogP contribution in [0.1, 0.15) is 35.7 Å². The number of carbonyl (C=O) groups is 2. The van der Waals surface area contributed by atoms with Gasteiger partial charge in [-0.1, -0.05) is 6.07 Å². The first kappa shape index (κ1) is 21.5. The molecule has 2 aliphatic heterocycles. The molecule has 0 aliphatic carbocycles. The zero-order valence-electron chi connectivity index (χ0n) is 17.3. The van der Waals surface area contributed by atoms with Crippen molar-refractivity contribution in [2.45, 2.75) is 37.2 Å². The van der Waals surface area contributed by atoms with Gasteiger partial charge in [0.05, 0.1) is 11.0 Å². The minimum Gasteiger partial charge on any atom is -0.377 e. The van der Waals surface area contributed by atoms with Crippen molar-refractivity contribution >= 4 is 33.2 Å². The maximum absolute atomic E-state index is 12.7. The van der Waals surface area contributed by atoms with Crippen LogP contribution in [0.25, 0.3) is 0 Å². The number of carbonyl (C=O) groups excluding carboxylic acids is 2. The lowest BCUT2D eigenvalue weighted by Crippen LogP contribution is -2.32. The molecular formula is C22H25N3O5S. The monoisotopic (exact) mass is 443 g/mol. The molecule has 4 rings (SSSR count). The van der Waals surface area contributed by atoms with Crippen LogP contribution in [0.15, 0.2) is 47.4 Å². The fraction of sp³-hybridized carbons (Fsp3) is 0.364. The summed E-state index contributed by atoms with van der Waals surface area (Å²) in [5, 5.41) is 2.81. The van der Waals surface area contributed by atoms with Gasteiger partial charge in [0, 0.05) is 43.6 Å². The van der Waals surface area contributed by atoms with E-state index in [-0.39, 0.29) is 29.0 Å². The molecule has 2 aliphatic rings. The molecule has 1 saturated heterocycles. The Balaban J connectivity index is 1.45. The van der Waals surface area contributed by atoms with E-state index in [9.17, 15) is 18.0 Å². The Kier molecular flexibility index (Phi) is 6.08. The molecule has 0 spiro atoms.